The van der Waals surface area contributed by atoms with Gasteiger partial charge in [-0.1, -0.05) is 55.7 Å². The zero-order valence-electron chi connectivity index (χ0n) is 14.1. The van der Waals surface area contributed by atoms with E-state index in [9.17, 15) is 9.90 Å². The van der Waals surface area contributed by atoms with Crippen LogP contribution in [-0.2, 0) is 6.61 Å². The van der Waals surface area contributed by atoms with Crippen molar-refractivity contribution < 1.29 is 9.90 Å². The van der Waals surface area contributed by atoms with Crippen LogP contribution >= 0.6 is 0 Å². The number of benzene rings is 2. The molecule has 3 rings (SSSR count). The Morgan fingerprint density at radius 2 is 1.50 bits per heavy atom. The van der Waals surface area contributed by atoms with Crippen LogP contribution in [0.15, 0.2) is 48.5 Å². The van der Waals surface area contributed by atoms with Gasteiger partial charge in [0.25, 0.3) is 5.91 Å². The second-order valence-electron chi connectivity index (χ2n) is 6.45. The standard InChI is InChI=1S/C21H25NO2/c23-16-19-8-4-5-9-20(19)17-10-12-18(13-11-17)21(24)22-14-6-2-1-3-7-15-22/h4-5,8-13,23H,1-3,6-7,14-16H2. The molecule has 1 aliphatic rings. The van der Waals surface area contributed by atoms with Crippen molar-refractivity contribution in [3.05, 3.63) is 59.7 Å². The van der Waals surface area contributed by atoms with Crippen molar-refractivity contribution in [2.75, 3.05) is 13.1 Å². The highest BCUT2D eigenvalue weighted by molar-refractivity contribution is 5.94. The number of likely N-dealkylation sites (tertiary alicyclic amines) is 1. The van der Waals surface area contributed by atoms with Gasteiger partial charge in [0.1, 0.15) is 0 Å². The summed E-state index contributed by atoms with van der Waals surface area (Å²) in [6.45, 7) is 1.76. The average Bonchev–Trinajstić information content (AvgIpc) is 2.61. The quantitative estimate of drug-likeness (QED) is 0.917. The van der Waals surface area contributed by atoms with Crippen molar-refractivity contribution in [2.45, 2.75) is 38.7 Å². The fraction of sp³-hybridized carbons (Fsp3) is 0.381. The number of carbonyl (C=O) groups excluding carboxylic acids is 1. The van der Waals surface area contributed by atoms with Gasteiger partial charge in [0, 0.05) is 18.7 Å². The van der Waals surface area contributed by atoms with Crippen LogP contribution in [0.2, 0.25) is 0 Å². The summed E-state index contributed by atoms with van der Waals surface area (Å²) in [7, 11) is 0. The van der Waals surface area contributed by atoms with Gasteiger partial charge in [-0.2, -0.15) is 0 Å². The first-order valence-corrected chi connectivity index (χ1v) is 8.88. The highest BCUT2D eigenvalue weighted by Crippen LogP contribution is 2.24. The van der Waals surface area contributed by atoms with Gasteiger partial charge in [-0.15, -0.1) is 0 Å². The van der Waals surface area contributed by atoms with Crippen LogP contribution in [0.3, 0.4) is 0 Å². The fourth-order valence-electron chi connectivity index (χ4n) is 3.37. The van der Waals surface area contributed by atoms with Crippen molar-refractivity contribution in [1.29, 1.82) is 0 Å². The maximum atomic E-state index is 12.7. The Morgan fingerprint density at radius 3 is 2.17 bits per heavy atom. The van der Waals surface area contributed by atoms with Gasteiger partial charge in [0.15, 0.2) is 0 Å². The Balaban J connectivity index is 1.77. The van der Waals surface area contributed by atoms with E-state index >= 15 is 0 Å². The highest BCUT2D eigenvalue weighted by Gasteiger charge is 2.16. The Kier molecular flexibility index (Phi) is 5.65. The summed E-state index contributed by atoms with van der Waals surface area (Å²) in [5.41, 5.74) is 3.70. The van der Waals surface area contributed by atoms with E-state index in [2.05, 4.69) is 0 Å². The van der Waals surface area contributed by atoms with Crippen molar-refractivity contribution in [1.82, 2.24) is 4.90 Å². The molecule has 2 aromatic rings. The van der Waals surface area contributed by atoms with Crippen LogP contribution in [-0.4, -0.2) is 29.0 Å². The van der Waals surface area contributed by atoms with Crippen molar-refractivity contribution in [3.63, 3.8) is 0 Å². The molecule has 1 saturated heterocycles. The molecule has 3 nitrogen and oxygen atoms in total. The molecule has 0 bridgehead atoms. The second-order valence-corrected chi connectivity index (χ2v) is 6.45. The van der Waals surface area contributed by atoms with Gasteiger partial charge >= 0.3 is 0 Å². The van der Waals surface area contributed by atoms with Crippen LogP contribution in [0.25, 0.3) is 11.1 Å². The lowest BCUT2D eigenvalue weighted by Gasteiger charge is -2.25. The molecule has 0 atom stereocenters. The number of aliphatic hydroxyl groups excluding tert-OH is 1. The molecule has 3 heteroatoms. The number of carbonyl (C=O) groups is 1. The van der Waals surface area contributed by atoms with Gasteiger partial charge in [0.2, 0.25) is 0 Å². The van der Waals surface area contributed by atoms with Gasteiger partial charge in [-0.05, 0) is 41.7 Å². The minimum absolute atomic E-state index is 0.0185. The third kappa shape index (κ3) is 3.85. The smallest absolute Gasteiger partial charge is 0.253 e. The summed E-state index contributed by atoms with van der Waals surface area (Å²) in [5, 5.41) is 9.48. The molecule has 0 unspecified atom stereocenters. The number of aliphatic hydroxyl groups is 1. The van der Waals surface area contributed by atoms with Crippen molar-refractivity contribution in [3.8, 4) is 11.1 Å². The third-order valence-electron chi connectivity index (χ3n) is 4.77. The third-order valence-corrected chi connectivity index (χ3v) is 4.77. The molecule has 0 saturated carbocycles. The van der Waals surface area contributed by atoms with Crippen LogP contribution in [0, 0.1) is 0 Å². The van der Waals surface area contributed by atoms with Gasteiger partial charge in [-0.3, -0.25) is 4.79 Å². The lowest BCUT2D eigenvalue weighted by molar-refractivity contribution is 0.0742. The predicted octanol–water partition coefficient (Wildman–Crippen LogP) is 4.25. The van der Waals surface area contributed by atoms with Gasteiger partial charge in [0.05, 0.1) is 6.61 Å². The molecule has 1 aliphatic heterocycles. The summed E-state index contributed by atoms with van der Waals surface area (Å²) in [5.74, 6) is 0.138. The maximum absolute atomic E-state index is 12.7. The Labute approximate surface area is 143 Å². The molecule has 0 radical (unpaired) electrons. The van der Waals surface area contributed by atoms with Crippen molar-refractivity contribution >= 4 is 5.91 Å². The summed E-state index contributed by atoms with van der Waals surface area (Å²) in [6, 6.07) is 15.6. The van der Waals surface area contributed by atoms with Crippen LogP contribution < -0.4 is 0 Å². The fourth-order valence-corrected chi connectivity index (χ4v) is 3.37. The zero-order valence-corrected chi connectivity index (χ0v) is 14.1. The van der Waals surface area contributed by atoms with Crippen LogP contribution in [0.5, 0.6) is 0 Å². The topological polar surface area (TPSA) is 40.5 Å². The van der Waals surface area contributed by atoms with E-state index in [4.69, 9.17) is 0 Å². The molecular weight excluding hydrogens is 298 g/mol. The van der Waals surface area contributed by atoms with E-state index < -0.39 is 0 Å². The van der Waals surface area contributed by atoms with E-state index in [-0.39, 0.29) is 12.5 Å². The Hall–Kier alpha value is -2.13. The van der Waals surface area contributed by atoms with Gasteiger partial charge < -0.3 is 10.0 Å². The monoisotopic (exact) mass is 323 g/mol. The molecule has 1 heterocycles. The average molecular weight is 323 g/mol. The highest BCUT2D eigenvalue weighted by atomic mass is 16.3. The van der Waals surface area contributed by atoms with E-state index in [1.54, 1.807) is 0 Å². The Morgan fingerprint density at radius 1 is 0.875 bits per heavy atom. The molecule has 1 N–H and O–H groups in total. The van der Waals surface area contributed by atoms with Crippen LogP contribution in [0.4, 0.5) is 0 Å². The van der Waals surface area contributed by atoms with E-state index in [0.717, 1.165) is 48.2 Å². The molecule has 0 aromatic heterocycles. The molecule has 24 heavy (non-hydrogen) atoms. The normalized spacial score (nSPS) is 15.6. The molecule has 1 fully saturated rings. The first-order chi connectivity index (χ1) is 11.8. The largest absolute Gasteiger partial charge is 0.392 e. The number of hydrogen-bond acceptors (Lipinski definition) is 2. The minimum atomic E-state index is 0.0185. The molecule has 0 spiro atoms. The van der Waals surface area contributed by atoms with E-state index in [0.29, 0.717) is 0 Å². The molecule has 0 aliphatic carbocycles. The SMILES string of the molecule is O=C(c1ccc(-c2ccccc2CO)cc1)N1CCCCCCC1. The number of amides is 1. The van der Waals surface area contributed by atoms with E-state index in [1.807, 2.05) is 53.4 Å². The van der Waals surface area contributed by atoms with E-state index in [1.165, 1.54) is 19.3 Å². The van der Waals surface area contributed by atoms with Gasteiger partial charge in [-0.25, -0.2) is 0 Å². The predicted molar refractivity (Wildman–Crippen MR) is 96.8 cm³/mol. The second kappa shape index (κ2) is 8.11. The van der Waals surface area contributed by atoms with Crippen LogP contribution in [0.1, 0.15) is 48.0 Å². The Bertz CT molecular complexity index is 670. The summed E-state index contributed by atoms with van der Waals surface area (Å²) >= 11 is 0. The first-order valence-electron chi connectivity index (χ1n) is 8.88. The lowest BCUT2D eigenvalue weighted by atomic mass is 9.98. The lowest BCUT2D eigenvalue weighted by Crippen LogP contribution is -2.33. The molecule has 2 aromatic carbocycles. The molecular formula is C21H25NO2. The number of nitrogens with zero attached hydrogens (tertiary/aromatic N) is 1. The zero-order chi connectivity index (χ0) is 16.8. The summed E-state index contributed by atoms with van der Waals surface area (Å²) in [4.78, 5) is 14.7. The first kappa shape index (κ1) is 16.7. The minimum Gasteiger partial charge on any atom is -0.392 e. The molecule has 126 valence electrons. The number of rotatable bonds is 3. The molecule has 1 amide bonds. The maximum Gasteiger partial charge on any atom is 0.253 e. The van der Waals surface area contributed by atoms with Crippen molar-refractivity contribution in [2.24, 2.45) is 0 Å². The summed E-state index contributed by atoms with van der Waals surface area (Å²) in [6.07, 6.45) is 5.95. The summed E-state index contributed by atoms with van der Waals surface area (Å²) < 4.78 is 0. The number of hydrogen-bond donors (Lipinski definition) is 1.